The molecule has 1 aromatic heterocycles. The molecular formula is C18H21N3O2. The zero-order chi connectivity index (χ0) is 16.7. The predicted molar refractivity (Wildman–Crippen MR) is 90.4 cm³/mol. The summed E-state index contributed by atoms with van der Waals surface area (Å²) in [4.78, 5) is 30.0. The van der Waals surface area contributed by atoms with Gasteiger partial charge in [-0.05, 0) is 37.3 Å². The molecule has 1 amide bonds. The SMILES string of the molecule is C=C1CCC(n2c(C)nc3cccc(C(C)C)c3c2=O)C(=O)N1. The molecule has 1 N–H and O–H groups in total. The van der Waals surface area contributed by atoms with Crippen LogP contribution >= 0.6 is 0 Å². The van der Waals surface area contributed by atoms with E-state index < -0.39 is 6.04 Å². The number of carbonyl (C=O) groups is 1. The number of aromatic nitrogens is 2. The summed E-state index contributed by atoms with van der Waals surface area (Å²) in [6.07, 6.45) is 1.24. The molecule has 1 atom stereocenters. The minimum Gasteiger partial charge on any atom is -0.329 e. The number of hydrogen-bond donors (Lipinski definition) is 1. The summed E-state index contributed by atoms with van der Waals surface area (Å²) in [5.41, 5.74) is 2.22. The van der Waals surface area contributed by atoms with E-state index in [1.54, 1.807) is 6.92 Å². The summed E-state index contributed by atoms with van der Waals surface area (Å²) >= 11 is 0. The van der Waals surface area contributed by atoms with E-state index in [1.807, 2.05) is 18.2 Å². The minimum atomic E-state index is -0.523. The molecule has 1 aliphatic rings. The molecule has 2 heterocycles. The van der Waals surface area contributed by atoms with Crippen molar-refractivity contribution in [3.63, 3.8) is 0 Å². The highest BCUT2D eigenvalue weighted by Crippen LogP contribution is 2.25. The molecule has 1 fully saturated rings. The number of piperidine rings is 1. The fraction of sp³-hybridized carbons (Fsp3) is 0.389. The first-order valence-electron chi connectivity index (χ1n) is 7.90. The molecule has 0 spiro atoms. The Morgan fingerprint density at radius 1 is 1.35 bits per heavy atom. The molecule has 0 bridgehead atoms. The number of hydrogen-bond acceptors (Lipinski definition) is 3. The van der Waals surface area contributed by atoms with Gasteiger partial charge in [0.25, 0.3) is 5.56 Å². The fourth-order valence-corrected chi connectivity index (χ4v) is 3.24. The molecule has 0 saturated carbocycles. The summed E-state index contributed by atoms with van der Waals surface area (Å²) in [6, 6.07) is 5.21. The Balaban J connectivity index is 2.26. The Bertz CT molecular complexity index is 864. The number of carbonyl (C=O) groups excluding carboxylic acids is 1. The Kier molecular flexibility index (Phi) is 3.80. The van der Waals surface area contributed by atoms with Crippen molar-refractivity contribution in [2.24, 2.45) is 0 Å². The Morgan fingerprint density at radius 2 is 2.09 bits per heavy atom. The first kappa shape index (κ1) is 15.5. The lowest BCUT2D eigenvalue weighted by atomic mass is 9.98. The van der Waals surface area contributed by atoms with Crippen LogP contribution in [0.3, 0.4) is 0 Å². The molecule has 1 saturated heterocycles. The zero-order valence-electron chi connectivity index (χ0n) is 13.7. The highest BCUT2D eigenvalue weighted by Gasteiger charge is 2.28. The van der Waals surface area contributed by atoms with Crippen molar-refractivity contribution < 1.29 is 4.79 Å². The van der Waals surface area contributed by atoms with Crippen molar-refractivity contribution >= 4 is 16.8 Å². The van der Waals surface area contributed by atoms with Crippen LogP contribution in [0, 0.1) is 6.92 Å². The lowest BCUT2D eigenvalue weighted by Gasteiger charge is -2.26. The number of allylic oxidation sites excluding steroid dienone is 1. The van der Waals surface area contributed by atoms with Crippen LogP contribution in [-0.2, 0) is 4.79 Å². The van der Waals surface area contributed by atoms with E-state index in [-0.39, 0.29) is 17.4 Å². The van der Waals surface area contributed by atoms with Gasteiger partial charge in [-0.1, -0.05) is 32.6 Å². The van der Waals surface area contributed by atoms with E-state index >= 15 is 0 Å². The van der Waals surface area contributed by atoms with Gasteiger partial charge in [-0.3, -0.25) is 14.2 Å². The van der Waals surface area contributed by atoms with Gasteiger partial charge in [-0.25, -0.2) is 4.98 Å². The highest BCUT2D eigenvalue weighted by molar-refractivity contribution is 5.85. The molecule has 1 aromatic carbocycles. The number of aryl methyl sites for hydroxylation is 1. The fourth-order valence-electron chi connectivity index (χ4n) is 3.24. The Morgan fingerprint density at radius 3 is 2.74 bits per heavy atom. The van der Waals surface area contributed by atoms with Crippen LogP contribution in [0.25, 0.3) is 10.9 Å². The molecule has 2 aromatic rings. The Hall–Kier alpha value is -2.43. The van der Waals surface area contributed by atoms with Gasteiger partial charge in [0.1, 0.15) is 11.9 Å². The molecule has 0 aliphatic carbocycles. The first-order valence-corrected chi connectivity index (χ1v) is 7.90. The predicted octanol–water partition coefficient (Wildman–Crippen LogP) is 2.79. The van der Waals surface area contributed by atoms with Gasteiger partial charge in [0.15, 0.2) is 0 Å². The van der Waals surface area contributed by atoms with Crippen molar-refractivity contribution in [2.75, 3.05) is 0 Å². The van der Waals surface area contributed by atoms with E-state index in [4.69, 9.17) is 0 Å². The van der Waals surface area contributed by atoms with E-state index in [1.165, 1.54) is 4.57 Å². The molecule has 5 nitrogen and oxygen atoms in total. The lowest BCUT2D eigenvalue weighted by molar-refractivity contribution is -0.124. The lowest BCUT2D eigenvalue weighted by Crippen LogP contribution is -2.41. The van der Waals surface area contributed by atoms with Gasteiger partial charge in [0.2, 0.25) is 5.91 Å². The van der Waals surface area contributed by atoms with Gasteiger partial charge in [-0.15, -0.1) is 0 Å². The summed E-state index contributed by atoms with van der Waals surface area (Å²) in [7, 11) is 0. The third kappa shape index (κ3) is 2.56. The summed E-state index contributed by atoms with van der Waals surface area (Å²) in [5, 5.41) is 3.36. The van der Waals surface area contributed by atoms with Gasteiger partial charge in [-0.2, -0.15) is 0 Å². The summed E-state index contributed by atoms with van der Waals surface area (Å²) < 4.78 is 1.54. The van der Waals surface area contributed by atoms with Crippen molar-refractivity contribution in [3.05, 3.63) is 52.2 Å². The maximum atomic E-state index is 13.1. The van der Waals surface area contributed by atoms with Crippen molar-refractivity contribution in [2.45, 2.75) is 45.6 Å². The number of benzene rings is 1. The van der Waals surface area contributed by atoms with Crippen LogP contribution in [0.4, 0.5) is 0 Å². The maximum absolute atomic E-state index is 13.1. The highest BCUT2D eigenvalue weighted by atomic mass is 16.2. The number of amides is 1. The van der Waals surface area contributed by atoms with Gasteiger partial charge in [0.05, 0.1) is 10.9 Å². The molecule has 0 radical (unpaired) electrons. The summed E-state index contributed by atoms with van der Waals surface area (Å²) in [6.45, 7) is 9.67. The van der Waals surface area contributed by atoms with E-state index in [0.29, 0.717) is 35.3 Å². The molecule has 3 rings (SSSR count). The second kappa shape index (κ2) is 5.65. The van der Waals surface area contributed by atoms with E-state index in [2.05, 4.69) is 30.7 Å². The first-order chi connectivity index (χ1) is 10.9. The molecule has 5 heteroatoms. The third-order valence-electron chi connectivity index (χ3n) is 4.39. The van der Waals surface area contributed by atoms with Crippen molar-refractivity contribution in [3.8, 4) is 0 Å². The molecular weight excluding hydrogens is 290 g/mol. The normalized spacial score (nSPS) is 18.5. The molecule has 1 unspecified atom stereocenters. The smallest absolute Gasteiger partial charge is 0.262 e. The van der Waals surface area contributed by atoms with Crippen molar-refractivity contribution in [1.82, 2.24) is 14.9 Å². The summed E-state index contributed by atoms with van der Waals surface area (Å²) in [5.74, 6) is 0.593. The largest absolute Gasteiger partial charge is 0.329 e. The second-order valence-electron chi connectivity index (χ2n) is 6.38. The maximum Gasteiger partial charge on any atom is 0.262 e. The average Bonchev–Trinajstić information content (AvgIpc) is 2.48. The van der Waals surface area contributed by atoms with Crippen molar-refractivity contribution in [1.29, 1.82) is 0 Å². The average molecular weight is 311 g/mol. The topological polar surface area (TPSA) is 64.0 Å². The minimum absolute atomic E-state index is 0.135. The number of nitrogens with one attached hydrogen (secondary N) is 1. The number of nitrogens with zero attached hydrogens (tertiary/aromatic N) is 2. The van der Waals surface area contributed by atoms with Crippen LogP contribution in [0.1, 0.15) is 50.0 Å². The molecule has 120 valence electrons. The zero-order valence-corrected chi connectivity index (χ0v) is 13.7. The van der Waals surface area contributed by atoms with Crippen LogP contribution in [-0.4, -0.2) is 15.5 Å². The number of rotatable bonds is 2. The van der Waals surface area contributed by atoms with Crippen LogP contribution in [0.15, 0.2) is 35.3 Å². The monoisotopic (exact) mass is 311 g/mol. The van der Waals surface area contributed by atoms with E-state index in [9.17, 15) is 9.59 Å². The molecule has 23 heavy (non-hydrogen) atoms. The quantitative estimate of drug-likeness (QED) is 0.927. The number of fused-ring (bicyclic) bond motifs is 1. The Labute approximate surface area is 135 Å². The van der Waals surface area contributed by atoms with Crippen LogP contribution < -0.4 is 10.9 Å². The van der Waals surface area contributed by atoms with Crippen LogP contribution in [0.2, 0.25) is 0 Å². The van der Waals surface area contributed by atoms with Crippen LogP contribution in [0.5, 0.6) is 0 Å². The standard InChI is InChI=1S/C18H21N3O2/c1-10(2)13-6-5-7-14-16(13)18(23)21(12(4)20-14)15-9-8-11(3)19-17(15)22/h5-7,10,15H,3,8-9H2,1-2,4H3,(H,19,22). The van der Waals surface area contributed by atoms with Gasteiger partial charge in [0, 0.05) is 5.70 Å². The van der Waals surface area contributed by atoms with Gasteiger partial charge < -0.3 is 5.32 Å². The van der Waals surface area contributed by atoms with E-state index in [0.717, 1.165) is 5.56 Å². The second-order valence-corrected chi connectivity index (χ2v) is 6.38. The molecule has 1 aliphatic heterocycles. The van der Waals surface area contributed by atoms with Gasteiger partial charge >= 0.3 is 0 Å². The third-order valence-corrected chi connectivity index (χ3v) is 4.39.